The number of nitrogens with zero attached hydrogens (tertiary/aromatic N) is 2. The summed E-state index contributed by atoms with van der Waals surface area (Å²) >= 11 is 2.87. The molecule has 0 saturated heterocycles. The maximum Gasteiger partial charge on any atom is 0.279 e. The average Bonchev–Trinajstić information content (AvgIpc) is 2.99. The van der Waals surface area contributed by atoms with Gasteiger partial charge in [0, 0.05) is 10.5 Å². The fraction of sp³-hybridized carbons (Fsp3) is 0.158. The van der Waals surface area contributed by atoms with Crippen LogP contribution in [0.1, 0.15) is 17.3 Å². The average molecular weight is 432 g/mol. The van der Waals surface area contributed by atoms with E-state index in [0.717, 1.165) is 10.6 Å². The Kier molecular flexibility index (Phi) is 6.05. The topological polar surface area (TPSA) is 94.5 Å². The summed E-state index contributed by atoms with van der Waals surface area (Å²) in [6, 6.07) is 11.7. The molecule has 0 bridgehead atoms. The standard InChI is InChI=1S/C19H17N3O3S3/c1-3-11-22-16-10-9-15(28(20,24)25)12-17(16)27-19(22)21-18(23)13-5-7-14(8-6-13)26-4-2/h1,5-10,12H,4,11H2,2H3,(H2,20,24,25). The molecule has 1 amide bonds. The molecule has 2 aromatic carbocycles. The number of sulfonamides is 1. The van der Waals surface area contributed by atoms with Crippen LogP contribution in [0.4, 0.5) is 0 Å². The minimum Gasteiger partial charge on any atom is -0.305 e. The van der Waals surface area contributed by atoms with Crippen LogP contribution in [0.15, 0.2) is 57.2 Å². The summed E-state index contributed by atoms with van der Waals surface area (Å²) < 4.78 is 25.5. The monoisotopic (exact) mass is 431 g/mol. The highest BCUT2D eigenvalue weighted by Crippen LogP contribution is 2.22. The first-order valence-electron chi connectivity index (χ1n) is 8.25. The molecule has 0 fully saturated rings. The summed E-state index contributed by atoms with van der Waals surface area (Å²) in [5, 5.41) is 5.20. The van der Waals surface area contributed by atoms with E-state index in [4.69, 9.17) is 11.6 Å². The first kappa shape index (κ1) is 20.4. The van der Waals surface area contributed by atoms with Gasteiger partial charge in [0.15, 0.2) is 4.80 Å². The minimum absolute atomic E-state index is 0.00371. The predicted molar refractivity (Wildman–Crippen MR) is 113 cm³/mol. The van der Waals surface area contributed by atoms with Crippen molar-refractivity contribution in [1.29, 1.82) is 0 Å². The van der Waals surface area contributed by atoms with Crippen LogP contribution in [0, 0.1) is 12.3 Å². The number of nitrogens with two attached hydrogens (primary N) is 1. The van der Waals surface area contributed by atoms with Crippen molar-refractivity contribution in [3.8, 4) is 12.3 Å². The van der Waals surface area contributed by atoms with Crippen LogP contribution in [0.3, 0.4) is 0 Å². The van der Waals surface area contributed by atoms with Gasteiger partial charge in [-0.15, -0.1) is 18.2 Å². The highest BCUT2D eigenvalue weighted by atomic mass is 32.2. The normalized spacial score (nSPS) is 12.2. The van der Waals surface area contributed by atoms with Crippen LogP contribution >= 0.6 is 23.1 Å². The van der Waals surface area contributed by atoms with Crippen molar-refractivity contribution in [3.05, 3.63) is 52.8 Å². The number of carbonyl (C=O) groups excluding carboxylic acids is 1. The highest BCUT2D eigenvalue weighted by molar-refractivity contribution is 7.99. The van der Waals surface area contributed by atoms with E-state index in [1.165, 1.54) is 23.5 Å². The van der Waals surface area contributed by atoms with Crippen LogP contribution in [0.5, 0.6) is 0 Å². The van der Waals surface area contributed by atoms with Gasteiger partial charge in [-0.05, 0) is 48.2 Å². The molecule has 1 heterocycles. The second-order valence-electron chi connectivity index (χ2n) is 5.72. The largest absolute Gasteiger partial charge is 0.305 e. The predicted octanol–water partition coefficient (Wildman–Crippen LogP) is 2.84. The number of fused-ring (bicyclic) bond motifs is 1. The molecule has 0 aliphatic rings. The van der Waals surface area contributed by atoms with Gasteiger partial charge in [-0.25, -0.2) is 13.6 Å². The van der Waals surface area contributed by atoms with E-state index in [1.54, 1.807) is 34.5 Å². The molecule has 3 aromatic rings. The molecule has 0 saturated carbocycles. The van der Waals surface area contributed by atoms with Crippen LogP contribution < -0.4 is 9.94 Å². The third-order valence-electron chi connectivity index (χ3n) is 3.84. The molecule has 0 radical (unpaired) electrons. The quantitative estimate of drug-likeness (QED) is 0.496. The molecule has 2 N–H and O–H groups in total. The van der Waals surface area contributed by atoms with E-state index in [9.17, 15) is 13.2 Å². The molecule has 9 heteroatoms. The smallest absolute Gasteiger partial charge is 0.279 e. The van der Waals surface area contributed by atoms with Gasteiger partial charge in [0.05, 0.1) is 21.7 Å². The third kappa shape index (κ3) is 4.36. The molecule has 0 unspecified atom stereocenters. The zero-order chi connectivity index (χ0) is 20.3. The van der Waals surface area contributed by atoms with Crippen molar-refractivity contribution < 1.29 is 13.2 Å². The first-order valence-corrected chi connectivity index (χ1v) is 11.6. The minimum atomic E-state index is -3.83. The van der Waals surface area contributed by atoms with Gasteiger partial charge >= 0.3 is 0 Å². The Morgan fingerprint density at radius 2 is 2.00 bits per heavy atom. The maximum atomic E-state index is 12.6. The Bertz CT molecular complexity index is 1250. The summed E-state index contributed by atoms with van der Waals surface area (Å²) in [6.45, 7) is 2.26. The van der Waals surface area contributed by atoms with Gasteiger partial charge in [-0.3, -0.25) is 4.79 Å². The van der Waals surface area contributed by atoms with Crippen LogP contribution in [-0.4, -0.2) is 24.6 Å². The number of benzene rings is 2. The lowest BCUT2D eigenvalue weighted by molar-refractivity contribution is 0.0998. The second-order valence-corrected chi connectivity index (χ2v) is 9.63. The van der Waals surface area contributed by atoms with Gasteiger partial charge in [0.1, 0.15) is 0 Å². The maximum absolute atomic E-state index is 12.6. The van der Waals surface area contributed by atoms with Crippen LogP contribution in [-0.2, 0) is 16.6 Å². The van der Waals surface area contributed by atoms with Crippen molar-refractivity contribution in [3.63, 3.8) is 0 Å². The van der Waals surface area contributed by atoms with Gasteiger partial charge in [0.25, 0.3) is 5.91 Å². The molecular formula is C19H17N3O3S3. The number of aromatic nitrogens is 1. The molecule has 0 atom stereocenters. The summed E-state index contributed by atoms with van der Waals surface area (Å²) in [4.78, 5) is 18.3. The SMILES string of the molecule is C#CCn1c(=NC(=O)c2ccc(SCC)cc2)sc2cc(S(N)(=O)=O)ccc21. The fourth-order valence-corrected chi connectivity index (χ4v) is 4.92. The van der Waals surface area contributed by atoms with Gasteiger partial charge < -0.3 is 4.57 Å². The second kappa shape index (κ2) is 8.32. The Morgan fingerprint density at radius 1 is 1.29 bits per heavy atom. The van der Waals surface area contributed by atoms with E-state index >= 15 is 0 Å². The molecular weight excluding hydrogens is 414 g/mol. The summed E-state index contributed by atoms with van der Waals surface area (Å²) in [5.74, 6) is 3.09. The van der Waals surface area contributed by atoms with Gasteiger partial charge in [-0.2, -0.15) is 4.99 Å². The van der Waals surface area contributed by atoms with Gasteiger partial charge in [-0.1, -0.05) is 24.2 Å². The van der Waals surface area contributed by atoms with Crippen molar-refractivity contribution in [2.24, 2.45) is 10.1 Å². The van der Waals surface area contributed by atoms with E-state index in [2.05, 4.69) is 17.8 Å². The molecule has 0 aliphatic carbocycles. The molecule has 0 aliphatic heterocycles. The number of thioether (sulfide) groups is 1. The number of hydrogen-bond donors (Lipinski definition) is 1. The van der Waals surface area contributed by atoms with E-state index in [-0.39, 0.29) is 11.4 Å². The molecule has 28 heavy (non-hydrogen) atoms. The Balaban J connectivity index is 2.08. The number of rotatable bonds is 5. The zero-order valence-electron chi connectivity index (χ0n) is 15.0. The lowest BCUT2D eigenvalue weighted by Crippen LogP contribution is -2.16. The number of thiazole rings is 1. The number of terminal acetylenes is 1. The molecule has 0 spiro atoms. The molecule has 3 rings (SSSR count). The number of hydrogen-bond acceptors (Lipinski definition) is 5. The number of primary sulfonamides is 1. The lowest BCUT2D eigenvalue weighted by Gasteiger charge is -2.02. The summed E-state index contributed by atoms with van der Waals surface area (Å²) in [5.41, 5.74) is 1.16. The molecule has 144 valence electrons. The van der Waals surface area contributed by atoms with Crippen molar-refractivity contribution >= 4 is 49.2 Å². The first-order chi connectivity index (χ1) is 13.3. The number of carbonyl (C=O) groups is 1. The Hall–Kier alpha value is -2.38. The fourth-order valence-electron chi connectivity index (χ4n) is 2.57. The number of amides is 1. The van der Waals surface area contributed by atoms with E-state index in [0.29, 0.717) is 20.6 Å². The Morgan fingerprint density at radius 3 is 2.61 bits per heavy atom. The van der Waals surface area contributed by atoms with Crippen LogP contribution in [0.25, 0.3) is 10.2 Å². The van der Waals surface area contributed by atoms with E-state index in [1.807, 2.05) is 12.1 Å². The summed E-state index contributed by atoms with van der Waals surface area (Å²) in [6.07, 6.45) is 5.45. The molecule has 6 nitrogen and oxygen atoms in total. The van der Waals surface area contributed by atoms with Crippen LogP contribution in [0.2, 0.25) is 0 Å². The molecule has 1 aromatic heterocycles. The summed E-state index contributed by atoms with van der Waals surface area (Å²) in [7, 11) is -3.83. The van der Waals surface area contributed by atoms with E-state index < -0.39 is 15.9 Å². The highest BCUT2D eigenvalue weighted by Gasteiger charge is 2.13. The van der Waals surface area contributed by atoms with Crippen molar-refractivity contribution in [2.75, 3.05) is 5.75 Å². The lowest BCUT2D eigenvalue weighted by atomic mass is 10.2. The van der Waals surface area contributed by atoms with Crippen molar-refractivity contribution in [2.45, 2.75) is 23.3 Å². The Labute approximate surface area is 171 Å². The zero-order valence-corrected chi connectivity index (χ0v) is 17.4. The van der Waals surface area contributed by atoms with Gasteiger partial charge in [0.2, 0.25) is 10.0 Å². The van der Waals surface area contributed by atoms with Crippen molar-refractivity contribution in [1.82, 2.24) is 4.57 Å². The third-order valence-corrected chi connectivity index (χ3v) is 6.69.